The van der Waals surface area contributed by atoms with E-state index in [2.05, 4.69) is 5.16 Å². The van der Waals surface area contributed by atoms with Crippen molar-refractivity contribution in [2.24, 2.45) is 0 Å². The third-order valence-corrected chi connectivity index (χ3v) is 7.03. The molecule has 1 aliphatic rings. The van der Waals surface area contributed by atoms with Gasteiger partial charge in [-0.3, -0.25) is 0 Å². The highest BCUT2D eigenvalue weighted by Gasteiger charge is 2.36. The minimum Gasteiger partial charge on any atom is -0.381 e. The summed E-state index contributed by atoms with van der Waals surface area (Å²) >= 11 is 1.56. The first kappa shape index (κ1) is 16.6. The summed E-state index contributed by atoms with van der Waals surface area (Å²) in [6, 6.07) is 3.83. The van der Waals surface area contributed by atoms with Crippen molar-refractivity contribution in [3.63, 3.8) is 0 Å². The second-order valence-electron chi connectivity index (χ2n) is 5.63. The molecule has 8 heteroatoms. The first-order valence-electron chi connectivity index (χ1n) is 7.55. The molecular formula is C15H20N2O4S2. The van der Waals surface area contributed by atoms with E-state index in [1.54, 1.807) is 29.5 Å². The van der Waals surface area contributed by atoms with Crippen LogP contribution >= 0.6 is 11.3 Å². The van der Waals surface area contributed by atoms with Crippen molar-refractivity contribution in [1.29, 1.82) is 0 Å². The molecule has 3 heterocycles. The second-order valence-corrected chi connectivity index (χ2v) is 8.49. The number of aryl methyl sites for hydroxylation is 2. The number of nitrogens with zero attached hydrogens (tertiary/aromatic N) is 2. The highest BCUT2D eigenvalue weighted by molar-refractivity contribution is 7.89. The monoisotopic (exact) mass is 356 g/mol. The molecule has 1 aliphatic heterocycles. The van der Waals surface area contributed by atoms with Crippen LogP contribution in [0.4, 0.5) is 0 Å². The quantitative estimate of drug-likeness (QED) is 0.824. The molecule has 1 saturated heterocycles. The van der Waals surface area contributed by atoms with Crippen molar-refractivity contribution < 1.29 is 17.7 Å². The molecule has 0 bridgehead atoms. The van der Waals surface area contributed by atoms with E-state index in [1.807, 2.05) is 17.5 Å². The molecule has 23 heavy (non-hydrogen) atoms. The van der Waals surface area contributed by atoms with Gasteiger partial charge in [0, 0.05) is 30.7 Å². The fourth-order valence-corrected chi connectivity index (χ4v) is 5.64. The lowest BCUT2D eigenvalue weighted by Gasteiger charge is -2.33. The fraction of sp³-hybridized carbons (Fsp3) is 0.533. The Morgan fingerprint density at radius 3 is 2.65 bits per heavy atom. The summed E-state index contributed by atoms with van der Waals surface area (Å²) in [7, 11) is -3.67. The highest BCUT2D eigenvalue weighted by atomic mass is 32.2. The first-order valence-corrected chi connectivity index (χ1v) is 9.87. The van der Waals surface area contributed by atoms with Gasteiger partial charge in [0.2, 0.25) is 10.0 Å². The number of aromatic nitrogens is 1. The molecule has 0 atom stereocenters. The molecule has 0 saturated carbocycles. The molecule has 126 valence electrons. The average Bonchev–Trinajstić information content (AvgIpc) is 3.15. The van der Waals surface area contributed by atoms with Crippen molar-refractivity contribution in [1.82, 2.24) is 9.46 Å². The summed E-state index contributed by atoms with van der Waals surface area (Å²) in [5, 5.41) is 5.76. The Morgan fingerprint density at radius 2 is 2.09 bits per heavy atom. The van der Waals surface area contributed by atoms with Crippen LogP contribution in [0.2, 0.25) is 0 Å². The van der Waals surface area contributed by atoms with Crippen molar-refractivity contribution >= 4 is 21.4 Å². The van der Waals surface area contributed by atoms with E-state index < -0.39 is 10.0 Å². The predicted molar refractivity (Wildman–Crippen MR) is 86.9 cm³/mol. The van der Waals surface area contributed by atoms with Gasteiger partial charge in [0.25, 0.3) is 0 Å². The zero-order valence-electron chi connectivity index (χ0n) is 13.2. The van der Waals surface area contributed by atoms with Gasteiger partial charge in [-0.2, -0.15) is 4.31 Å². The minimum atomic E-state index is -3.67. The Morgan fingerprint density at radius 1 is 1.35 bits per heavy atom. The van der Waals surface area contributed by atoms with Crippen LogP contribution in [0.25, 0.3) is 0 Å². The Balaban J connectivity index is 1.99. The number of hydrogen-bond donors (Lipinski definition) is 0. The molecule has 0 spiro atoms. The van der Waals surface area contributed by atoms with Gasteiger partial charge in [0.15, 0.2) is 5.76 Å². The molecule has 2 aromatic rings. The van der Waals surface area contributed by atoms with Crippen LogP contribution in [-0.4, -0.2) is 37.1 Å². The summed E-state index contributed by atoms with van der Waals surface area (Å²) in [4.78, 5) is 1.22. The van der Waals surface area contributed by atoms with Gasteiger partial charge in [0.05, 0.1) is 0 Å². The SMILES string of the molecule is Cc1noc(C)c1S(=O)(=O)N(Cc1cccs1)C1CCOCC1. The summed E-state index contributed by atoms with van der Waals surface area (Å²) in [6.45, 7) is 4.84. The Bertz CT molecular complexity index is 727. The maximum absolute atomic E-state index is 13.3. The molecule has 0 unspecified atom stereocenters. The van der Waals surface area contributed by atoms with Crippen molar-refractivity contribution in [2.75, 3.05) is 13.2 Å². The number of sulfonamides is 1. The topological polar surface area (TPSA) is 72.6 Å². The molecule has 0 radical (unpaired) electrons. The van der Waals surface area contributed by atoms with Gasteiger partial charge in [0.1, 0.15) is 10.6 Å². The van der Waals surface area contributed by atoms with Crippen molar-refractivity contribution in [3.8, 4) is 0 Å². The zero-order valence-corrected chi connectivity index (χ0v) is 14.8. The van der Waals surface area contributed by atoms with Crippen LogP contribution in [0.3, 0.4) is 0 Å². The van der Waals surface area contributed by atoms with Gasteiger partial charge in [-0.25, -0.2) is 8.42 Å². The summed E-state index contributed by atoms with van der Waals surface area (Å²) in [5.74, 6) is 0.339. The van der Waals surface area contributed by atoms with Crippen LogP contribution in [0, 0.1) is 13.8 Å². The van der Waals surface area contributed by atoms with Gasteiger partial charge >= 0.3 is 0 Å². The van der Waals surface area contributed by atoms with Gasteiger partial charge in [-0.1, -0.05) is 11.2 Å². The first-order chi connectivity index (χ1) is 11.0. The number of rotatable bonds is 5. The van der Waals surface area contributed by atoms with E-state index in [1.165, 1.54) is 0 Å². The molecule has 0 aromatic carbocycles. The number of thiophene rings is 1. The predicted octanol–water partition coefficient (Wildman–Crippen LogP) is 2.72. The Labute approximate surface area is 140 Å². The molecule has 0 aliphatic carbocycles. The summed E-state index contributed by atoms with van der Waals surface area (Å²) in [5.41, 5.74) is 0.408. The fourth-order valence-electron chi connectivity index (χ4n) is 2.90. The van der Waals surface area contributed by atoms with E-state index in [0.29, 0.717) is 44.1 Å². The van der Waals surface area contributed by atoms with E-state index in [0.717, 1.165) is 4.88 Å². The lowest BCUT2D eigenvalue weighted by molar-refractivity contribution is 0.0571. The Kier molecular flexibility index (Phi) is 4.86. The smallest absolute Gasteiger partial charge is 0.249 e. The zero-order chi connectivity index (χ0) is 16.4. The second kappa shape index (κ2) is 6.72. The highest BCUT2D eigenvalue weighted by Crippen LogP contribution is 2.30. The van der Waals surface area contributed by atoms with E-state index >= 15 is 0 Å². The van der Waals surface area contributed by atoms with E-state index in [4.69, 9.17) is 9.26 Å². The van der Waals surface area contributed by atoms with E-state index in [-0.39, 0.29) is 10.9 Å². The van der Waals surface area contributed by atoms with Gasteiger partial charge in [-0.05, 0) is 38.1 Å². The van der Waals surface area contributed by atoms with Crippen LogP contribution in [0.1, 0.15) is 29.2 Å². The lowest BCUT2D eigenvalue weighted by Crippen LogP contribution is -2.43. The lowest BCUT2D eigenvalue weighted by atomic mass is 10.1. The van der Waals surface area contributed by atoms with Gasteiger partial charge < -0.3 is 9.26 Å². The maximum Gasteiger partial charge on any atom is 0.249 e. The maximum atomic E-state index is 13.3. The molecule has 1 fully saturated rings. The summed E-state index contributed by atoms with van der Waals surface area (Å²) < 4.78 is 38.6. The Hall–Kier alpha value is -1.22. The standard InChI is InChI=1S/C15H20N2O4S2/c1-11-15(12(2)21-16-11)23(18,19)17(10-14-4-3-9-22-14)13-5-7-20-8-6-13/h3-4,9,13H,5-8,10H2,1-2H3. The summed E-state index contributed by atoms with van der Waals surface area (Å²) in [6.07, 6.45) is 1.40. The third-order valence-electron chi connectivity index (χ3n) is 4.02. The molecule has 0 amide bonds. The van der Waals surface area contributed by atoms with Gasteiger partial charge in [-0.15, -0.1) is 11.3 Å². The normalized spacial score (nSPS) is 17.0. The number of ether oxygens (including phenoxy) is 1. The molecule has 2 aromatic heterocycles. The van der Waals surface area contributed by atoms with Crippen LogP contribution < -0.4 is 0 Å². The molecular weight excluding hydrogens is 336 g/mol. The van der Waals surface area contributed by atoms with Crippen LogP contribution in [-0.2, 0) is 21.3 Å². The molecule has 0 N–H and O–H groups in total. The average molecular weight is 356 g/mol. The van der Waals surface area contributed by atoms with Crippen molar-refractivity contribution in [3.05, 3.63) is 33.8 Å². The number of hydrogen-bond acceptors (Lipinski definition) is 6. The molecule has 3 rings (SSSR count). The van der Waals surface area contributed by atoms with Crippen LogP contribution in [0.5, 0.6) is 0 Å². The largest absolute Gasteiger partial charge is 0.381 e. The van der Waals surface area contributed by atoms with Crippen molar-refractivity contribution in [2.45, 2.75) is 44.2 Å². The molecule has 6 nitrogen and oxygen atoms in total. The minimum absolute atomic E-state index is 0.0652. The third kappa shape index (κ3) is 3.35. The van der Waals surface area contributed by atoms with Crippen LogP contribution in [0.15, 0.2) is 26.9 Å². The van der Waals surface area contributed by atoms with E-state index in [9.17, 15) is 8.42 Å².